The molecule has 0 spiro atoms. The largest absolute Gasteiger partial charge is 0.311 e. The lowest BCUT2D eigenvalue weighted by Gasteiger charge is -2.10. The number of para-hydroxylation sites is 1. The quantitative estimate of drug-likeness (QED) is 0.787. The lowest BCUT2D eigenvalue weighted by molar-refractivity contribution is 0.877. The number of hydrogen-bond acceptors (Lipinski definition) is 2. The average molecular weight is 226 g/mol. The van der Waals surface area contributed by atoms with Crippen molar-refractivity contribution in [3.63, 3.8) is 0 Å². The molecule has 0 saturated heterocycles. The molecule has 0 aliphatic carbocycles. The summed E-state index contributed by atoms with van der Waals surface area (Å²) in [7, 11) is 1.77. The minimum atomic E-state index is -0.0695. The standard InChI is InChI=1S/C14H14N2O/c1-3-10-5-4-6-11-9-12(7-8-15)14(17)16(2)13(10)11/h4-6,9H,3,7H2,1-2H3. The Morgan fingerprint density at radius 3 is 2.76 bits per heavy atom. The van der Waals surface area contributed by atoms with Crippen molar-refractivity contribution in [1.82, 2.24) is 4.57 Å². The van der Waals surface area contributed by atoms with Crippen LogP contribution < -0.4 is 5.56 Å². The predicted octanol–water partition coefficient (Wildman–Crippen LogP) is 2.17. The lowest BCUT2D eigenvalue weighted by Crippen LogP contribution is -2.21. The Balaban J connectivity index is 2.87. The molecule has 2 rings (SSSR count). The van der Waals surface area contributed by atoms with E-state index in [1.54, 1.807) is 11.6 Å². The Morgan fingerprint density at radius 2 is 2.12 bits per heavy atom. The second-order valence-corrected chi connectivity index (χ2v) is 4.08. The average Bonchev–Trinajstić information content (AvgIpc) is 2.35. The summed E-state index contributed by atoms with van der Waals surface area (Å²) in [5.74, 6) is 0. The van der Waals surface area contributed by atoms with Gasteiger partial charge in [0, 0.05) is 12.6 Å². The number of rotatable bonds is 2. The first-order valence-corrected chi connectivity index (χ1v) is 5.66. The van der Waals surface area contributed by atoms with Crippen LogP contribution in [-0.4, -0.2) is 4.57 Å². The molecule has 1 heterocycles. The van der Waals surface area contributed by atoms with Gasteiger partial charge in [-0.25, -0.2) is 0 Å². The van der Waals surface area contributed by atoms with Crippen LogP contribution in [0.4, 0.5) is 0 Å². The van der Waals surface area contributed by atoms with Gasteiger partial charge in [0.1, 0.15) is 0 Å². The lowest BCUT2D eigenvalue weighted by atomic mass is 10.0. The molecule has 0 unspecified atom stereocenters. The van der Waals surface area contributed by atoms with E-state index >= 15 is 0 Å². The Hall–Kier alpha value is -2.08. The number of nitriles is 1. The van der Waals surface area contributed by atoms with E-state index in [-0.39, 0.29) is 12.0 Å². The summed E-state index contributed by atoms with van der Waals surface area (Å²) in [4.78, 5) is 12.1. The third-order valence-corrected chi connectivity index (χ3v) is 3.05. The molecule has 0 N–H and O–H groups in total. The Labute approximate surface area is 99.9 Å². The number of fused-ring (bicyclic) bond motifs is 1. The van der Waals surface area contributed by atoms with Gasteiger partial charge in [0.25, 0.3) is 5.56 Å². The second kappa shape index (κ2) is 4.42. The number of hydrogen-bond donors (Lipinski definition) is 0. The van der Waals surface area contributed by atoms with Gasteiger partial charge in [-0.15, -0.1) is 0 Å². The van der Waals surface area contributed by atoms with Gasteiger partial charge in [-0.2, -0.15) is 5.26 Å². The summed E-state index contributed by atoms with van der Waals surface area (Å²) in [6, 6.07) is 9.87. The zero-order chi connectivity index (χ0) is 12.4. The highest BCUT2D eigenvalue weighted by Gasteiger charge is 2.08. The molecular weight excluding hydrogens is 212 g/mol. The van der Waals surface area contributed by atoms with Crippen LogP contribution in [0.5, 0.6) is 0 Å². The summed E-state index contributed by atoms with van der Waals surface area (Å²) in [6.07, 6.45) is 1.06. The maximum atomic E-state index is 12.1. The third kappa shape index (κ3) is 1.83. The molecule has 0 aliphatic heterocycles. The van der Waals surface area contributed by atoms with Crippen molar-refractivity contribution in [1.29, 1.82) is 5.26 Å². The molecule has 0 saturated carbocycles. The highest BCUT2D eigenvalue weighted by Crippen LogP contribution is 2.18. The summed E-state index contributed by atoms with van der Waals surface area (Å²) < 4.78 is 1.65. The fourth-order valence-electron chi connectivity index (χ4n) is 2.20. The second-order valence-electron chi connectivity index (χ2n) is 4.08. The van der Waals surface area contributed by atoms with Gasteiger partial charge in [-0.1, -0.05) is 25.1 Å². The topological polar surface area (TPSA) is 45.8 Å². The molecule has 0 atom stereocenters. The molecule has 3 nitrogen and oxygen atoms in total. The number of benzene rings is 1. The number of nitrogens with zero attached hydrogens (tertiary/aromatic N) is 2. The van der Waals surface area contributed by atoms with E-state index in [1.165, 1.54) is 0 Å². The van der Waals surface area contributed by atoms with Crippen molar-refractivity contribution >= 4 is 10.9 Å². The molecule has 2 aromatic rings. The first kappa shape index (κ1) is 11.4. The number of aromatic nitrogens is 1. The Bertz CT molecular complexity index is 662. The summed E-state index contributed by atoms with van der Waals surface area (Å²) >= 11 is 0. The van der Waals surface area contributed by atoms with Crippen molar-refractivity contribution in [2.75, 3.05) is 0 Å². The first-order valence-electron chi connectivity index (χ1n) is 5.66. The van der Waals surface area contributed by atoms with Gasteiger partial charge >= 0.3 is 0 Å². The summed E-state index contributed by atoms with van der Waals surface area (Å²) in [6.45, 7) is 2.07. The molecule has 86 valence electrons. The molecule has 0 bridgehead atoms. The minimum Gasteiger partial charge on any atom is -0.311 e. The number of aryl methyl sites for hydroxylation is 2. The maximum Gasteiger partial charge on any atom is 0.255 e. The van der Waals surface area contributed by atoms with E-state index in [0.29, 0.717) is 5.56 Å². The monoisotopic (exact) mass is 226 g/mol. The van der Waals surface area contributed by atoms with Crippen LogP contribution in [0.25, 0.3) is 10.9 Å². The van der Waals surface area contributed by atoms with E-state index in [9.17, 15) is 4.79 Å². The van der Waals surface area contributed by atoms with Gasteiger partial charge in [0.05, 0.1) is 18.0 Å². The smallest absolute Gasteiger partial charge is 0.255 e. The molecule has 0 radical (unpaired) electrons. The Kier molecular flexibility index (Phi) is 2.97. The van der Waals surface area contributed by atoms with E-state index < -0.39 is 0 Å². The van der Waals surface area contributed by atoms with Gasteiger partial charge < -0.3 is 4.57 Å². The molecule has 0 amide bonds. The zero-order valence-corrected chi connectivity index (χ0v) is 10.0. The maximum absolute atomic E-state index is 12.1. The number of pyridine rings is 1. The van der Waals surface area contributed by atoms with Crippen LogP contribution in [0.15, 0.2) is 29.1 Å². The fourth-order valence-corrected chi connectivity index (χ4v) is 2.20. The van der Waals surface area contributed by atoms with Crippen molar-refractivity contribution in [2.45, 2.75) is 19.8 Å². The molecule has 17 heavy (non-hydrogen) atoms. The van der Waals surface area contributed by atoms with Gasteiger partial charge in [-0.3, -0.25) is 4.79 Å². The van der Waals surface area contributed by atoms with Crippen molar-refractivity contribution in [3.05, 3.63) is 45.7 Å². The summed E-state index contributed by atoms with van der Waals surface area (Å²) in [5.41, 5.74) is 2.63. The minimum absolute atomic E-state index is 0.0695. The van der Waals surface area contributed by atoms with E-state index in [0.717, 1.165) is 22.9 Å². The van der Waals surface area contributed by atoms with E-state index in [4.69, 9.17) is 5.26 Å². The van der Waals surface area contributed by atoms with Crippen LogP contribution in [0.2, 0.25) is 0 Å². The van der Waals surface area contributed by atoms with Crippen molar-refractivity contribution in [3.8, 4) is 6.07 Å². The van der Waals surface area contributed by atoms with Crippen molar-refractivity contribution in [2.24, 2.45) is 7.05 Å². The highest BCUT2D eigenvalue weighted by molar-refractivity contribution is 5.83. The van der Waals surface area contributed by atoms with Crippen LogP contribution in [0.3, 0.4) is 0 Å². The first-order chi connectivity index (χ1) is 8.19. The van der Waals surface area contributed by atoms with Crippen LogP contribution in [0, 0.1) is 11.3 Å². The molecule has 0 fully saturated rings. The normalized spacial score (nSPS) is 10.4. The van der Waals surface area contributed by atoms with E-state index in [1.807, 2.05) is 30.3 Å². The Morgan fingerprint density at radius 1 is 1.35 bits per heavy atom. The van der Waals surface area contributed by atoms with Crippen molar-refractivity contribution < 1.29 is 0 Å². The molecular formula is C14H14N2O. The predicted molar refractivity (Wildman–Crippen MR) is 67.9 cm³/mol. The van der Waals surface area contributed by atoms with E-state index in [2.05, 4.69) is 6.92 Å². The van der Waals surface area contributed by atoms with Gasteiger partial charge in [-0.05, 0) is 23.4 Å². The molecule has 1 aromatic carbocycles. The molecule has 1 aromatic heterocycles. The highest BCUT2D eigenvalue weighted by atomic mass is 16.1. The molecule has 0 aliphatic rings. The molecule has 3 heteroatoms. The SMILES string of the molecule is CCc1cccc2cc(CC#N)c(=O)n(C)c12. The van der Waals surface area contributed by atoms with Crippen LogP contribution in [0.1, 0.15) is 18.1 Å². The van der Waals surface area contributed by atoms with Crippen LogP contribution >= 0.6 is 0 Å². The summed E-state index contributed by atoms with van der Waals surface area (Å²) in [5, 5.41) is 9.73. The van der Waals surface area contributed by atoms with Crippen LogP contribution in [-0.2, 0) is 19.9 Å². The van der Waals surface area contributed by atoms with Gasteiger partial charge in [0.2, 0.25) is 0 Å². The zero-order valence-electron chi connectivity index (χ0n) is 10.0. The fraction of sp³-hybridized carbons (Fsp3) is 0.286. The third-order valence-electron chi connectivity index (χ3n) is 3.05. The van der Waals surface area contributed by atoms with Gasteiger partial charge in [0.15, 0.2) is 0 Å².